The minimum absolute atomic E-state index is 0.0489. The van der Waals surface area contributed by atoms with Gasteiger partial charge in [0.1, 0.15) is 0 Å². The van der Waals surface area contributed by atoms with Gasteiger partial charge >= 0.3 is 0 Å². The maximum atomic E-state index is 13.2. The summed E-state index contributed by atoms with van der Waals surface area (Å²) in [5, 5.41) is 10.7. The highest BCUT2D eigenvalue weighted by atomic mass is 16.3. The van der Waals surface area contributed by atoms with Gasteiger partial charge in [0.2, 0.25) is 0 Å². The molecule has 3 aromatic rings. The zero-order valence-corrected chi connectivity index (χ0v) is 17.5. The lowest BCUT2D eigenvalue weighted by molar-refractivity contribution is 0.0777. The van der Waals surface area contributed by atoms with Gasteiger partial charge in [-0.1, -0.05) is 38.1 Å². The largest absolute Gasteiger partial charge is 0.386 e. The van der Waals surface area contributed by atoms with Crippen molar-refractivity contribution in [2.75, 3.05) is 0 Å². The van der Waals surface area contributed by atoms with Gasteiger partial charge in [0, 0.05) is 42.1 Å². The summed E-state index contributed by atoms with van der Waals surface area (Å²) < 4.78 is 0. The molecule has 0 unspecified atom stereocenters. The van der Waals surface area contributed by atoms with Gasteiger partial charge in [-0.05, 0) is 54.5 Å². The van der Waals surface area contributed by atoms with Gasteiger partial charge in [-0.15, -0.1) is 0 Å². The summed E-state index contributed by atoms with van der Waals surface area (Å²) in [6, 6.07) is 11.9. The Kier molecular flexibility index (Phi) is 4.70. The highest BCUT2D eigenvalue weighted by Crippen LogP contribution is 2.40. The monoisotopic (exact) mass is 388 g/mol. The van der Waals surface area contributed by atoms with Crippen LogP contribution >= 0.6 is 0 Å². The van der Waals surface area contributed by atoms with E-state index in [0.717, 1.165) is 45.6 Å². The van der Waals surface area contributed by atoms with Crippen molar-refractivity contribution in [1.82, 2.24) is 9.97 Å². The Balaban J connectivity index is 1.90. The Labute approximate surface area is 172 Å². The number of aromatic amines is 1. The van der Waals surface area contributed by atoms with Crippen LogP contribution in [0.4, 0.5) is 0 Å². The molecule has 4 heteroatoms. The summed E-state index contributed by atoms with van der Waals surface area (Å²) >= 11 is 0. The zero-order valence-electron chi connectivity index (χ0n) is 17.5. The molecule has 0 saturated carbocycles. The zero-order chi connectivity index (χ0) is 20.8. The van der Waals surface area contributed by atoms with Gasteiger partial charge in [-0.2, -0.15) is 0 Å². The molecule has 4 rings (SSSR count). The Bertz CT molecular complexity index is 1060. The van der Waals surface area contributed by atoms with Gasteiger partial charge in [-0.3, -0.25) is 9.78 Å². The van der Waals surface area contributed by atoms with Gasteiger partial charge in [0.15, 0.2) is 5.78 Å². The third-order valence-electron chi connectivity index (χ3n) is 5.77. The van der Waals surface area contributed by atoms with Crippen molar-refractivity contribution >= 4 is 5.78 Å². The third-order valence-corrected chi connectivity index (χ3v) is 5.77. The van der Waals surface area contributed by atoms with Crippen LogP contribution < -0.4 is 0 Å². The average Bonchev–Trinajstić information content (AvgIpc) is 2.99. The molecule has 0 saturated heterocycles. The summed E-state index contributed by atoms with van der Waals surface area (Å²) in [5.41, 5.74) is 5.81. The van der Waals surface area contributed by atoms with Crippen LogP contribution in [0.15, 0.2) is 48.8 Å². The molecule has 2 aromatic heterocycles. The summed E-state index contributed by atoms with van der Waals surface area (Å²) in [4.78, 5) is 20.9. The van der Waals surface area contributed by atoms with E-state index in [2.05, 4.69) is 23.8 Å². The fourth-order valence-corrected chi connectivity index (χ4v) is 4.53. The number of aromatic nitrogens is 2. The fraction of sp³-hybridized carbons (Fsp3) is 0.360. The first-order chi connectivity index (χ1) is 13.7. The first-order valence-corrected chi connectivity index (χ1v) is 10.1. The second-order valence-corrected chi connectivity index (χ2v) is 9.40. The van der Waals surface area contributed by atoms with E-state index >= 15 is 0 Å². The quantitative estimate of drug-likeness (QED) is 0.657. The molecule has 0 atom stereocenters. The van der Waals surface area contributed by atoms with Crippen LogP contribution in [0.2, 0.25) is 0 Å². The maximum absolute atomic E-state index is 13.2. The second-order valence-electron chi connectivity index (χ2n) is 9.40. The van der Waals surface area contributed by atoms with Gasteiger partial charge in [0.25, 0.3) is 0 Å². The van der Waals surface area contributed by atoms with Gasteiger partial charge in [-0.25, -0.2) is 0 Å². The van der Waals surface area contributed by atoms with Crippen LogP contribution in [0.3, 0.4) is 0 Å². The summed E-state index contributed by atoms with van der Waals surface area (Å²) in [7, 11) is 0. The number of Topliss-reactive ketones (excluding diaryl/α,β-unsaturated/α-hetero) is 1. The van der Waals surface area contributed by atoms with Crippen molar-refractivity contribution in [2.24, 2.45) is 5.41 Å². The SMILES string of the molecule is CC1(C)CC(=O)c2c([nH]c(-c3ccncc3)c2Cc2ccccc2C(C)(C)O)C1. The summed E-state index contributed by atoms with van der Waals surface area (Å²) in [6.45, 7) is 7.89. The summed E-state index contributed by atoms with van der Waals surface area (Å²) in [5.74, 6) is 0.198. The lowest BCUT2D eigenvalue weighted by atomic mass is 9.75. The number of carbonyl (C=O) groups is 1. The predicted octanol–water partition coefficient (Wildman–Crippen LogP) is 5.05. The standard InChI is InChI=1S/C25H28N2O2/c1-24(2)14-20-22(21(28)15-24)18(23(27-20)16-9-11-26-12-10-16)13-17-7-5-6-8-19(17)25(3,4)29/h5-12,27,29H,13-15H2,1-4H3. The number of nitrogens with zero attached hydrogens (tertiary/aromatic N) is 1. The van der Waals surface area contributed by atoms with Gasteiger partial charge < -0.3 is 10.1 Å². The Hall–Kier alpha value is -2.72. The Morgan fingerprint density at radius 2 is 1.79 bits per heavy atom. The number of hydrogen-bond acceptors (Lipinski definition) is 3. The Morgan fingerprint density at radius 3 is 2.48 bits per heavy atom. The van der Waals surface area contributed by atoms with E-state index in [4.69, 9.17) is 0 Å². The van der Waals surface area contributed by atoms with Crippen molar-refractivity contribution in [3.8, 4) is 11.3 Å². The summed E-state index contributed by atoms with van der Waals surface area (Å²) in [6.07, 6.45) is 5.54. The molecule has 0 amide bonds. The van der Waals surface area contributed by atoms with E-state index < -0.39 is 5.60 Å². The number of fused-ring (bicyclic) bond motifs is 1. The average molecular weight is 389 g/mol. The predicted molar refractivity (Wildman–Crippen MR) is 115 cm³/mol. The smallest absolute Gasteiger partial charge is 0.165 e. The molecule has 1 aromatic carbocycles. The van der Waals surface area contributed by atoms with E-state index in [0.29, 0.717) is 12.8 Å². The highest BCUT2D eigenvalue weighted by Gasteiger charge is 2.35. The van der Waals surface area contributed by atoms with E-state index in [1.807, 2.05) is 36.4 Å². The van der Waals surface area contributed by atoms with E-state index in [1.165, 1.54) is 0 Å². The van der Waals surface area contributed by atoms with Crippen LogP contribution in [-0.2, 0) is 18.4 Å². The molecule has 1 aliphatic carbocycles. The Morgan fingerprint density at radius 1 is 1.10 bits per heavy atom. The normalized spacial score (nSPS) is 16.0. The van der Waals surface area contributed by atoms with Crippen LogP contribution in [0.25, 0.3) is 11.3 Å². The molecule has 0 fully saturated rings. The lowest BCUT2D eigenvalue weighted by Gasteiger charge is -2.28. The molecule has 0 bridgehead atoms. The fourth-order valence-electron chi connectivity index (χ4n) is 4.53. The first-order valence-electron chi connectivity index (χ1n) is 10.1. The number of H-pyrrole nitrogens is 1. The molecule has 2 heterocycles. The topological polar surface area (TPSA) is 66.0 Å². The van der Waals surface area contributed by atoms with Crippen molar-refractivity contribution in [2.45, 2.75) is 52.6 Å². The maximum Gasteiger partial charge on any atom is 0.165 e. The molecular formula is C25H28N2O2. The molecule has 0 spiro atoms. The molecule has 1 aliphatic rings. The minimum atomic E-state index is -0.949. The lowest BCUT2D eigenvalue weighted by Crippen LogP contribution is -2.27. The van der Waals surface area contributed by atoms with E-state index in [9.17, 15) is 9.90 Å². The number of pyridine rings is 1. The minimum Gasteiger partial charge on any atom is -0.386 e. The third kappa shape index (κ3) is 3.77. The number of nitrogens with one attached hydrogen (secondary N) is 1. The number of carbonyl (C=O) groups excluding carboxylic acids is 1. The number of rotatable bonds is 4. The van der Waals surface area contributed by atoms with Gasteiger partial charge in [0.05, 0.1) is 11.3 Å². The van der Waals surface area contributed by atoms with Crippen LogP contribution in [0.1, 0.15) is 66.9 Å². The molecular weight excluding hydrogens is 360 g/mol. The molecule has 0 aliphatic heterocycles. The number of aliphatic hydroxyl groups is 1. The number of ketones is 1. The van der Waals surface area contributed by atoms with E-state index in [1.54, 1.807) is 26.2 Å². The molecule has 2 N–H and O–H groups in total. The van der Waals surface area contributed by atoms with Crippen molar-refractivity contribution < 1.29 is 9.90 Å². The van der Waals surface area contributed by atoms with Crippen molar-refractivity contribution in [3.63, 3.8) is 0 Å². The molecule has 4 nitrogen and oxygen atoms in total. The molecule has 29 heavy (non-hydrogen) atoms. The van der Waals surface area contributed by atoms with Crippen molar-refractivity contribution in [1.29, 1.82) is 0 Å². The molecule has 150 valence electrons. The first kappa shape index (κ1) is 19.6. The van der Waals surface area contributed by atoms with Crippen LogP contribution in [0, 0.1) is 5.41 Å². The van der Waals surface area contributed by atoms with Crippen molar-refractivity contribution in [3.05, 3.63) is 76.7 Å². The molecule has 0 radical (unpaired) electrons. The van der Waals surface area contributed by atoms with E-state index in [-0.39, 0.29) is 11.2 Å². The number of hydrogen-bond donors (Lipinski definition) is 2. The second kappa shape index (κ2) is 6.96. The van der Waals surface area contributed by atoms with Crippen LogP contribution in [-0.4, -0.2) is 20.9 Å². The number of benzene rings is 1. The highest BCUT2D eigenvalue weighted by molar-refractivity contribution is 6.02. The van der Waals surface area contributed by atoms with Crippen LogP contribution in [0.5, 0.6) is 0 Å².